The van der Waals surface area contributed by atoms with Gasteiger partial charge in [0.15, 0.2) is 0 Å². The Hall–Kier alpha value is -2.86. The van der Waals surface area contributed by atoms with Crippen molar-refractivity contribution in [2.24, 2.45) is 0 Å². The van der Waals surface area contributed by atoms with E-state index in [0.717, 1.165) is 37.9 Å². The normalized spacial score (nSPS) is 13.7. The molecular formula is C24H30N2O4. The van der Waals surface area contributed by atoms with Crippen molar-refractivity contribution in [2.75, 3.05) is 44.9 Å². The van der Waals surface area contributed by atoms with Crippen LogP contribution in [-0.4, -0.2) is 56.7 Å². The number of piperidine rings is 1. The molecule has 2 aromatic carbocycles. The number of anilines is 1. The van der Waals surface area contributed by atoms with E-state index in [2.05, 4.69) is 0 Å². The molecule has 2 amide bonds. The number of methoxy groups -OCH3 is 1. The summed E-state index contributed by atoms with van der Waals surface area (Å²) in [4.78, 5) is 29.9. The van der Waals surface area contributed by atoms with Gasteiger partial charge in [-0.25, -0.2) is 0 Å². The average Bonchev–Trinajstić information content (AvgIpc) is 2.79. The maximum Gasteiger partial charge on any atom is 0.262 e. The van der Waals surface area contributed by atoms with Crippen molar-refractivity contribution in [3.63, 3.8) is 0 Å². The third-order valence-electron chi connectivity index (χ3n) is 5.26. The van der Waals surface area contributed by atoms with Crippen LogP contribution in [0.1, 0.15) is 35.2 Å². The van der Waals surface area contributed by atoms with Gasteiger partial charge in [0.2, 0.25) is 5.91 Å². The van der Waals surface area contributed by atoms with E-state index in [9.17, 15) is 9.59 Å². The maximum atomic E-state index is 13.5. The molecule has 1 saturated heterocycles. The SMILES string of the molecule is COCCOc1ccccc1C(=O)N(CC(=O)N1CCCCC1)c1ccc(C)cc1. The van der Waals surface area contributed by atoms with E-state index in [-0.39, 0.29) is 18.4 Å². The minimum atomic E-state index is -0.253. The highest BCUT2D eigenvalue weighted by Gasteiger charge is 2.26. The summed E-state index contributed by atoms with van der Waals surface area (Å²) in [5, 5.41) is 0. The van der Waals surface area contributed by atoms with Crippen LogP contribution in [0.25, 0.3) is 0 Å². The van der Waals surface area contributed by atoms with Crippen LogP contribution in [0.4, 0.5) is 5.69 Å². The zero-order chi connectivity index (χ0) is 21.3. The lowest BCUT2D eigenvalue weighted by Crippen LogP contribution is -2.45. The molecule has 160 valence electrons. The monoisotopic (exact) mass is 410 g/mol. The predicted octanol–water partition coefficient (Wildman–Crippen LogP) is 3.68. The zero-order valence-electron chi connectivity index (χ0n) is 17.8. The second kappa shape index (κ2) is 10.8. The van der Waals surface area contributed by atoms with E-state index in [1.165, 1.54) is 0 Å². The van der Waals surface area contributed by atoms with Crippen molar-refractivity contribution in [1.82, 2.24) is 4.90 Å². The Kier molecular flexibility index (Phi) is 7.85. The van der Waals surface area contributed by atoms with Crippen LogP contribution in [0.2, 0.25) is 0 Å². The second-order valence-corrected chi connectivity index (χ2v) is 7.51. The molecule has 1 aliphatic rings. The number of likely N-dealkylation sites (tertiary alicyclic amines) is 1. The number of nitrogens with zero attached hydrogens (tertiary/aromatic N) is 2. The maximum absolute atomic E-state index is 13.5. The number of benzene rings is 2. The lowest BCUT2D eigenvalue weighted by molar-refractivity contribution is -0.130. The van der Waals surface area contributed by atoms with Crippen LogP contribution in [0.15, 0.2) is 48.5 Å². The van der Waals surface area contributed by atoms with Crippen molar-refractivity contribution in [1.29, 1.82) is 0 Å². The quantitative estimate of drug-likeness (QED) is 0.623. The van der Waals surface area contributed by atoms with Crippen LogP contribution in [0, 0.1) is 6.92 Å². The van der Waals surface area contributed by atoms with Gasteiger partial charge in [0.05, 0.1) is 12.2 Å². The Morgan fingerprint density at radius 1 is 0.967 bits per heavy atom. The topological polar surface area (TPSA) is 59.1 Å². The number of hydrogen-bond acceptors (Lipinski definition) is 4. The number of carbonyl (C=O) groups is 2. The smallest absolute Gasteiger partial charge is 0.262 e. The lowest BCUT2D eigenvalue weighted by atomic mass is 10.1. The van der Waals surface area contributed by atoms with Gasteiger partial charge in [0, 0.05) is 25.9 Å². The summed E-state index contributed by atoms with van der Waals surface area (Å²) in [6, 6.07) is 14.8. The van der Waals surface area contributed by atoms with Gasteiger partial charge in [0.25, 0.3) is 5.91 Å². The Balaban J connectivity index is 1.87. The van der Waals surface area contributed by atoms with Gasteiger partial charge in [-0.3, -0.25) is 14.5 Å². The van der Waals surface area contributed by atoms with E-state index in [1.807, 2.05) is 42.2 Å². The molecule has 0 spiro atoms. The fourth-order valence-corrected chi connectivity index (χ4v) is 3.53. The second-order valence-electron chi connectivity index (χ2n) is 7.51. The van der Waals surface area contributed by atoms with Gasteiger partial charge in [-0.2, -0.15) is 0 Å². The number of para-hydroxylation sites is 1. The summed E-state index contributed by atoms with van der Waals surface area (Å²) in [7, 11) is 1.60. The van der Waals surface area contributed by atoms with Crippen LogP contribution in [-0.2, 0) is 9.53 Å². The highest BCUT2D eigenvalue weighted by molar-refractivity contribution is 6.10. The molecule has 1 fully saturated rings. The van der Waals surface area contributed by atoms with Gasteiger partial charge >= 0.3 is 0 Å². The first kappa shape index (κ1) is 21.8. The Bertz CT molecular complexity index is 845. The highest BCUT2D eigenvalue weighted by atomic mass is 16.5. The van der Waals surface area contributed by atoms with Crippen molar-refractivity contribution in [3.8, 4) is 5.75 Å². The molecule has 2 aromatic rings. The van der Waals surface area contributed by atoms with Gasteiger partial charge in [-0.15, -0.1) is 0 Å². The minimum absolute atomic E-state index is 0.00823. The lowest BCUT2D eigenvalue weighted by Gasteiger charge is -2.30. The molecule has 1 aliphatic heterocycles. The van der Waals surface area contributed by atoms with Gasteiger partial charge < -0.3 is 14.4 Å². The fourth-order valence-electron chi connectivity index (χ4n) is 3.53. The molecule has 0 bridgehead atoms. The minimum Gasteiger partial charge on any atom is -0.490 e. The summed E-state index contributed by atoms with van der Waals surface area (Å²) < 4.78 is 10.8. The Labute approximate surface area is 178 Å². The molecule has 1 heterocycles. The van der Waals surface area contributed by atoms with Gasteiger partial charge in [-0.1, -0.05) is 29.8 Å². The molecule has 3 rings (SSSR count). The molecule has 6 nitrogen and oxygen atoms in total. The number of ether oxygens (including phenoxy) is 2. The molecule has 0 saturated carbocycles. The first-order valence-electron chi connectivity index (χ1n) is 10.5. The summed E-state index contributed by atoms with van der Waals surface area (Å²) in [6.07, 6.45) is 3.18. The first-order chi connectivity index (χ1) is 14.6. The Morgan fingerprint density at radius 2 is 1.67 bits per heavy atom. The van der Waals surface area contributed by atoms with Crippen LogP contribution >= 0.6 is 0 Å². The van der Waals surface area contributed by atoms with E-state index in [4.69, 9.17) is 9.47 Å². The highest BCUT2D eigenvalue weighted by Crippen LogP contribution is 2.24. The fraction of sp³-hybridized carbons (Fsp3) is 0.417. The number of carbonyl (C=O) groups excluding carboxylic acids is 2. The summed E-state index contributed by atoms with van der Waals surface area (Å²) in [5.41, 5.74) is 2.22. The summed E-state index contributed by atoms with van der Waals surface area (Å²) >= 11 is 0. The van der Waals surface area contributed by atoms with Crippen molar-refractivity contribution < 1.29 is 19.1 Å². The third-order valence-corrected chi connectivity index (χ3v) is 5.26. The average molecular weight is 411 g/mol. The molecule has 0 N–H and O–H groups in total. The number of amides is 2. The van der Waals surface area contributed by atoms with Crippen molar-refractivity contribution in [3.05, 3.63) is 59.7 Å². The van der Waals surface area contributed by atoms with Crippen molar-refractivity contribution >= 4 is 17.5 Å². The molecular weight excluding hydrogens is 380 g/mol. The standard InChI is InChI=1S/C24H30N2O4/c1-19-10-12-20(13-11-19)26(18-23(27)25-14-6-3-7-15-25)24(28)21-8-4-5-9-22(21)30-17-16-29-2/h4-5,8-13H,3,6-7,14-18H2,1-2H3. The van der Waals surface area contributed by atoms with E-state index in [1.54, 1.807) is 30.2 Å². The number of aryl methyl sites for hydroxylation is 1. The van der Waals surface area contributed by atoms with Crippen LogP contribution in [0.3, 0.4) is 0 Å². The molecule has 0 aliphatic carbocycles. The molecule has 0 radical (unpaired) electrons. The summed E-state index contributed by atoms with van der Waals surface area (Å²) in [5.74, 6) is 0.209. The molecule has 30 heavy (non-hydrogen) atoms. The number of hydrogen-bond donors (Lipinski definition) is 0. The number of rotatable bonds is 8. The van der Waals surface area contributed by atoms with Gasteiger partial charge in [0.1, 0.15) is 18.9 Å². The Morgan fingerprint density at radius 3 is 2.37 bits per heavy atom. The summed E-state index contributed by atoms with van der Waals surface area (Å²) in [6.45, 7) is 4.29. The molecule has 0 aromatic heterocycles. The van der Waals surface area contributed by atoms with Gasteiger partial charge in [-0.05, 0) is 50.5 Å². The predicted molar refractivity (Wildman–Crippen MR) is 117 cm³/mol. The van der Waals surface area contributed by atoms with E-state index in [0.29, 0.717) is 30.2 Å². The van der Waals surface area contributed by atoms with Crippen LogP contribution in [0.5, 0.6) is 5.75 Å². The van der Waals surface area contributed by atoms with E-state index < -0.39 is 0 Å². The largest absolute Gasteiger partial charge is 0.490 e. The molecule has 0 atom stereocenters. The zero-order valence-corrected chi connectivity index (χ0v) is 17.8. The van der Waals surface area contributed by atoms with Crippen LogP contribution < -0.4 is 9.64 Å². The van der Waals surface area contributed by atoms with Crippen molar-refractivity contribution in [2.45, 2.75) is 26.2 Å². The molecule has 6 heteroatoms. The molecule has 0 unspecified atom stereocenters. The van der Waals surface area contributed by atoms with E-state index >= 15 is 0 Å². The third kappa shape index (κ3) is 5.60. The first-order valence-corrected chi connectivity index (χ1v) is 10.5.